The topological polar surface area (TPSA) is 310 Å². The van der Waals surface area contributed by atoms with Gasteiger partial charge in [0, 0.05) is 5.39 Å². The molecular weight excluding hydrogens is 713 g/mol. The summed E-state index contributed by atoms with van der Waals surface area (Å²) in [6.07, 6.45) is 0. The highest BCUT2D eigenvalue weighted by atomic mass is 32.3. The SMILES string of the molecule is O=c1ccc(=NNc2cc(S(=O)(=O)O)cc3cccc(S(=O)(=O)O)c23)c(=O)c1=NNc1cc(S(=O)(=O)CCOS(=O)(=O)O)ccc1O. The number of benzene rings is 4. The van der Waals surface area contributed by atoms with E-state index in [4.69, 9.17) is 4.55 Å². The van der Waals surface area contributed by atoms with E-state index in [-0.39, 0.29) is 10.8 Å². The molecule has 0 aliphatic carbocycles. The maximum absolute atomic E-state index is 13.1. The molecule has 0 atom stereocenters. The smallest absolute Gasteiger partial charge is 0.397 e. The van der Waals surface area contributed by atoms with Crippen LogP contribution in [0, 0.1) is 0 Å². The van der Waals surface area contributed by atoms with E-state index in [0.29, 0.717) is 0 Å². The molecule has 4 rings (SSSR count). The van der Waals surface area contributed by atoms with E-state index in [9.17, 15) is 57.5 Å². The van der Waals surface area contributed by atoms with E-state index in [0.717, 1.165) is 48.5 Å². The Labute approximate surface area is 264 Å². The quantitative estimate of drug-likeness (QED) is 0.0617. The predicted molar refractivity (Wildman–Crippen MR) is 161 cm³/mol. The molecule has 0 radical (unpaired) electrons. The van der Waals surface area contributed by atoms with Gasteiger partial charge < -0.3 is 5.11 Å². The van der Waals surface area contributed by atoms with Crippen molar-refractivity contribution in [2.45, 2.75) is 14.7 Å². The average molecular weight is 733 g/mol. The van der Waals surface area contributed by atoms with Crippen LogP contribution >= 0.6 is 0 Å². The number of sulfone groups is 1. The summed E-state index contributed by atoms with van der Waals surface area (Å²) in [6.45, 7) is -0.939. The summed E-state index contributed by atoms with van der Waals surface area (Å²) in [5.74, 6) is -1.50. The molecule has 0 spiro atoms. The fourth-order valence-corrected chi connectivity index (χ4v) is 6.75. The molecule has 4 aromatic rings. The third-order valence-corrected chi connectivity index (χ3v) is 9.93. The Bertz CT molecular complexity index is 2600. The van der Waals surface area contributed by atoms with Gasteiger partial charge in [0.25, 0.3) is 20.2 Å². The lowest BCUT2D eigenvalue weighted by molar-refractivity contribution is 0.284. The van der Waals surface area contributed by atoms with E-state index >= 15 is 0 Å². The molecule has 0 saturated heterocycles. The van der Waals surface area contributed by atoms with Crippen molar-refractivity contribution in [1.29, 1.82) is 0 Å². The number of nitrogens with zero attached hydrogens (tertiary/aromatic N) is 2. The second-order valence-corrected chi connectivity index (χ2v) is 15.2. The van der Waals surface area contributed by atoms with E-state index < -0.39 is 106 Å². The number of phenolic OH excluding ortho intramolecular Hbond substituents is 1. The summed E-state index contributed by atoms with van der Waals surface area (Å²) >= 11 is 0. The van der Waals surface area contributed by atoms with Crippen molar-refractivity contribution in [2.75, 3.05) is 23.2 Å². The van der Waals surface area contributed by atoms with Crippen LogP contribution in [0.1, 0.15) is 0 Å². The first-order valence-electron chi connectivity index (χ1n) is 12.3. The van der Waals surface area contributed by atoms with Crippen molar-refractivity contribution in [3.63, 3.8) is 0 Å². The molecule has 0 aliphatic rings. The molecule has 0 aliphatic heterocycles. The number of hydrogen-bond acceptors (Lipinski definition) is 16. The van der Waals surface area contributed by atoms with E-state index in [1.165, 1.54) is 12.1 Å². The van der Waals surface area contributed by atoms with Crippen molar-refractivity contribution in [1.82, 2.24) is 0 Å². The predicted octanol–water partition coefficient (Wildman–Crippen LogP) is -0.916. The van der Waals surface area contributed by atoms with Gasteiger partial charge >= 0.3 is 10.4 Å². The van der Waals surface area contributed by atoms with Crippen LogP contribution < -0.4 is 32.4 Å². The van der Waals surface area contributed by atoms with Crippen molar-refractivity contribution < 1.29 is 56.6 Å². The molecule has 0 bridgehead atoms. The number of aromatic hydroxyl groups is 1. The van der Waals surface area contributed by atoms with Gasteiger partial charge in [0.05, 0.1) is 33.5 Å². The number of phenols is 1. The minimum atomic E-state index is -4.91. The lowest BCUT2D eigenvalue weighted by Crippen LogP contribution is -2.48. The minimum Gasteiger partial charge on any atom is -0.506 e. The van der Waals surface area contributed by atoms with Crippen LogP contribution in [0.2, 0.25) is 0 Å². The third kappa shape index (κ3) is 8.40. The van der Waals surface area contributed by atoms with Crippen molar-refractivity contribution in [3.05, 3.63) is 91.8 Å². The molecule has 19 nitrogen and oxygen atoms in total. The third-order valence-electron chi connectivity index (χ3n) is 6.06. The van der Waals surface area contributed by atoms with Crippen LogP contribution in [-0.2, 0) is 44.7 Å². The molecule has 250 valence electrons. The molecule has 0 unspecified atom stereocenters. The zero-order valence-electron chi connectivity index (χ0n) is 23.0. The van der Waals surface area contributed by atoms with Gasteiger partial charge in [-0.2, -0.15) is 35.5 Å². The zero-order chi connectivity index (χ0) is 34.9. The van der Waals surface area contributed by atoms with Crippen molar-refractivity contribution >= 4 is 62.6 Å². The van der Waals surface area contributed by atoms with Crippen LogP contribution in [0.5, 0.6) is 5.75 Å². The maximum Gasteiger partial charge on any atom is 0.397 e. The Hall–Kier alpha value is -4.62. The van der Waals surface area contributed by atoms with Gasteiger partial charge in [-0.1, -0.05) is 12.1 Å². The molecule has 47 heavy (non-hydrogen) atoms. The molecule has 6 N–H and O–H groups in total. The molecule has 23 heteroatoms. The van der Waals surface area contributed by atoms with Gasteiger partial charge in [-0.25, -0.2) is 12.6 Å². The second kappa shape index (κ2) is 12.9. The highest BCUT2D eigenvalue weighted by molar-refractivity contribution is 7.91. The normalized spacial score (nSPS) is 13.6. The zero-order valence-corrected chi connectivity index (χ0v) is 26.3. The van der Waals surface area contributed by atoms with Gasteiger partial charge in [-0.05, 0) is 53.9 Å². The summed E-state index contributed by atoms with van der Waals surface area (Å²) in [5.41, 5.74) is 1.50. The summed E-state index contributed by atoms with van der Waals surface area (Å²) < 4.78 is 126. The Morgan fingerprint density at radius 2 is 1.38 bits per heavy atom. The molecule has 0 saturated carbocycles. The lowest BCUT2D eigenvalue weighted by atomic mass is 10.1. The van der Waals surface area contributed by atoms with Crippen LogP contribution in [0.3, 0.4) is 0 Å². The van der Waals surface area contributed by atoms with E-state index in [2.05, 4.69) is 25.2 Å². The van der Waals surface area contributed by atoms with Gasteiger partial charge in [-0.15, -0.1) is 0 Å². The summed E-state index contributed by atoms with van der Waals surface area (Å²) in [7, 11) is -18.9. The number of hydrogen-bond donors (Lipinski definition) is 6. The Morgan fingerprint density at radius 1 is 0.723 bits per heavy atom. The maximum atomic E-state index is 13.1. The largest absolute Gasteiger partial charge is 0.506 e. The average Bonchev–Trinajstić information content (AvgIpc) is 2.95. The van der Waals surface area contributed by atoms with Crippen LogP contribution in [0.4, 0.5) is 11.4 Å². The Morgan fingerprint density at radius 3 is 2.02 bits per heavy atom. The standard InChI is InChI=1S/C24H20N4O15S4/c29-19-6-4-14(44(32,33)9-8-43-47(40,41)42)11-17(19)26-28-23-20(30)7-5-16(24(23)31)25-27-18-12-15(45(34,35)36)10-13-2-1-3-21(22(13)18)46(37,38)39/h1-7,10-12,26-27,29H,8-9H2,(H,34,35,36)(H,37,38,39)(H,40,41,42). The minimum absolute atomic E-state index is 0.0832. The van der Waals surface area contributed by atoms with Gasteiger partial charge in [0.2, 0.25) is 10.9 Å². The Balaban J connectivity index is 1.76. The molecule has 0 heterocycles. The fourth-order valence-electron chi connectivity index (χ4n) is 3.96. The summed E-state index contributed by atoms with van der Waals surface area (Å²) in [4.78, 5) is 23.7. The van der Waals surface area contributed by atoms with Gasteiger partial charge in [-0.3, -0.25) is 34.1 Å². The summed E-state index contributed by atoms with van der Waals surface area (Å²) in [5, 5.41) is 15.8. The van der Waals surface area contributed by atoms with Crippen molar-refractivity contribution in [2.24, 2.45) is 10.2 Å². The van der Waals surface area contributed by atoms with Crippen molar-refractivity contribution in [3.8, 4) is 5.75 Å². The number of anilines is 2. The Kier molecular flexibility index (Phi) is 9.66. The van der Waals surface area contributed by atoms with E-state index in [1.54, 1.807) is 0 Å². The van der Waals surface area contributed by atoms with Crippen LogP contribution in [0.25, 0.3) is 10.8 Å². The highest BCUT2D eigenvalue weighted by Gasteiger charge is 2.21. The highest BCUT2D eigenvalue weighted by Crippen LogP contribution is 2.33. The van der Waals surface area contributed by atoms with E-state index in [1.807, 2.05) is 0 Å². The number of rotatable bonds is 11. The first kappa shape index (κ1) is 35.2. The molecule has 4 aromatic carbocycles. The lowest BCUT2D eigenvalue weighted by Gasteiger charge is -2.11. The first-order valence-corrected chi connectivity index (χ1v) is 18.2. The molecular formula is C24H20N4O15S4. The van der Waals surface area contributed by atoms with Crippen LogP contribution in [0.15, 0.2) is 95.1 Å². The number of nitrogens with one attached hydrogen (secondary N) is 2. The molecule has 0 aromatic heterocycles. The van der Waals surface area contributed by atoms with Gasteiger partial charge in [0.1, 0.15) is 16.0 Å². The van der Waals surface area contributed by atoms with Crippen LogP contribution in [-0.4, -0.2) is 64.8 Å². The number of fused-ring (bicyclic) bond motifs is 1. The second-order valence-electron chi connectivity index (χ2n) is 9.23. The summed E-state index contributed by atoms with van der Waals surface area (Å²) in [6, 6.07) is 9.59. The monoisotopic (exact) mass is 732 g/mol. The first-order chi connectivity index (χ1) is 21.7. The molecule has 0 amide bonds. The fraction of sp³-hybridized carbons (Fsp3) is 0.0833. The molecule has 0 fully saturated rings. The van der Waals surface area contributed by atoms with Gasteiger partial charge in [0.15, 0.2) is 15.2 Å².